The Labute approximate surface area is 244 Å². The van der Waals surface area contributed by atoms with E-state index in [4.69, 9.17) is 11.6 Å². The van der Waals surface area contributed by atoms with Gasteiger partial charge >= 0.3 is 0 Å². The highest BCUT2D eigenvalue weighted by molar-refractivity contribution is 6.31. The van der Waals surface area contributed by atoms with E-state index in [1.807, 2.05) is 6.07 Å². The van der Waals surface area contributed by atoms with Crippen molar-refractivity contribution in [2.24, 2.45) is 0 Å². The lowest BCUT2D eigenvalue weighted by atomic mass is 9.87. The number of pyridine rings is 1. The van der Waals surface area contributed by atoms with Gasteiger partial charge in [-0.1, -0.05) is 35.9 Å². The number of anilines is 2. The SMILES string of the molecule is N#Cc1ccnc(N2C(=O)CCC[C@H]2C(=O)N(c2cccc(F)c2)[C@@H](C(=O)NC2CC(F)(F)C2)c2ccccc2Cl)c1. The largest absolute Gasteiger partial charge is 0.351 e. The average Bonchev–Trinajstić information content (AvgIpc) is 2.95. The van der Waals surface area contributed by atoms with Gasteiger partial charge in [0.15, 0.2) is 0 Å². The number of piperidine rings is 1. The minimum Gasteiger partial charge on any atom is -0.351 e. The summed E-state index contributed by atoms with van der Waals surface area (Å²) in [5, 5.41) is 12.1. The Bertz CT molecular complexity index is 1570. The maximum Gasteiger partial charge on any atom is 0.252 e. The number of nitrogens with one attached hydrogen (secondary N) is 1. The Morgan fingerprint density at radius 1 is 1.14 bits per heavy atom. The summed E-state index contributed by atoms with van der Waals surface area (Å²) in [5.74, 6) is -5.48. The molecular weight excluding hydrogens is 571 g/mol. The van der Waals surface area contributed by atoms with Crippen LogP contribution in [0, 0.1) is 17.1 Å². The van der Waals surface area contributed by atoms with Crippen LogP contribution in [0.5, 0.6) is 0 Å². The van der Waals surface area contributed by atoms with Crippen LogP contribution in [-0.2, 0) is 14.4 Å². The lowest BCUT2D eigenvalue weighted by Crippen LogP contribution is -2.58. The summed E-state index contributed by atoms with van der Waals surface area (Å²) in [6.45, 7) is 0. The van der Waals surface area contributed by atoms with Crippen molar-refractivity contribution < 1.29 is 27.6 Å². The molecule has 0 unspecified atom stereocenters. The zero-order chi connectivity index (χ0) is 30.0. The van der Waals surface area contributed by atoms with Crippen molar-refractivity contribution in [2.75, 3.05) is 9.80 Å². The molecule has 2 aliphatic rings. The summed E-state index contributed by atoms with van der Waals surface area (Å²) in [7, 11) is 0. The number of amides is 3. The summed E-state index contributed by atoms with van der Waals surface area (Å²) in [6, 6.07) is 12.6. The van der Waals surface area contributed by atoms with Crippen LogP contribution < -0.4 is 15.1 Å². The summed E-state index contributed by atoms with van der Waals surface area (Å²) >= 11 is 6.51. The first-order chi connectivity index (χ1) is 20.1. The standard InChI is InChI=1S/C30H25ClF3N5O3/c31-23-8-2-1-7-22(23)27(28(41)37-20-15-30(33,34)16-20)38(21-6-3-5-19(32)14-21)29(42)24-9-4-10-26(40)39(24)25-13-18(17-35)11-12-36-25/h1-3,5-8,11-14,20,24,27H,4,9-10,15-16H2,(H,37,41)/t24-,27+/m0/s1. The first-order valence-electron chi connectivity index (χ1n) is 13.3. The molecule has 5 rings (SSSR count). The highest BCUT2D eigenvalue weighted by Gasteiger charge is 2.48. The third-order valence-electron chi connectivity index (χ3n) is 7.32. The second kappa shape index (κ2) is 11.8. The van der Waals surface area contributed by atoms with E-state index in [9.17, 15) is 32.8 Å². The van der Waals surface area contributed by atoms with Gasteiger partial charge in [-0.2, -0.15) is 5.26 Å². The number of hydrogen-bond donors (Lipinski definition) is 1. The maximum atomic E-state index is 14.6. The number of hydrogen-bond acceptors (Lipinski definition) is 5. The minimum atomic E-state index is -2.91. The number of alkyl halides is 2. The number of benzene rings is 2. The first kappa shape index (κ1) is 29.1. The molecule has 8 nitrogen and oxygen atoms in total. The molecule has 2 heterocycles. The lowest BCUT2D eigenvalue weighted by molar-refractivity contribution is -0.133. The van der Waals surface area contributed by atoms with E-state index < -0.39 is 60.4 Å². The van der Waals surface area contributed by atoms with Crippen molar-refractivity contribution >= 4 is 40.8 Å². The molecule has 2 atom stereocenters. The van der Waals surface area contributed by atoms with Gasteiger partial charge in [-0.3, -0.25) is 24.2 Å². The number of carbonyl (C=O) groups excluding carboxylic acids is 3. The van der Waals surface area contributed by atoms with Gasteiger partial charge in [-0.05, 0) is 49.2 Å². The van der Waals surface area contributed by atoms with Crippen LogP contribution in [0.25, 0.3) is 0 Å². The Balaban J connectivity index is 1.62. The van der Waals surface area contributed by atoms with Crippen molar-refractivity contribution in [1.29, 1.82) is 5.26 Å². The van der Waals surface area contributed by atoms with Crippen molar-refractivity contribution in [3.63, 3.8) is 0 Å². The van der Waals surface area contributed by atoms with E-state index in [-0.39, 0.29) is 40.5 Å². The smallest absolute Gasteiger partial charge is 0.252 e. The van der Waals surface area contributed by atoms with Gasteiger partial charge < -0.3 is 5.32 Å². The van der Waals surface area contributed by atoms with Gasteiger partial charge in [0.1, 0.15) is 23.7 Å². The van der Waals surface area contributed by atoms with Gasteiger partial charge in [0.25, 0.3) is 11.8 Å². The molecule has 3 aromatic rings. The third kappa shape index (κ3) is 5.94. The second-order valence-electron chi connectivity index (χ2n) is 10.3. The molecule has 1 saturated heterocycles. The van der Waals surface area contributed by atoms with Gasteiger partial charge in [-0.25, -0.2) is 18.2 Å². The normalized spacial score (nSPS) is 18.9. The molecular formula is C30H25ClF3N5O3. The number of nitrogens with zero attached hydrogens (tertiary/aromatic N) is 4. The predicted molar refractivity (Wildman–Crippen MR) is 148 cm³/mol. The number of halogens is 4. The van der Waals surface area contributed by atoms with Gasteiger partial charge in [0.2, 0.25) is 11.8 Å². The number of carbonyl (C=O) groups is 3. The monoisotopic (exact) mass is 595 g/mol. The van der Waals surface area contributed by atoms with Gasteiger partial charge in [0.05, 0.1) is 11.6 Å². The van der Waals surface area contributed by atoms with Gasteiger partial charge in [-0.15, -0.1) is 0 Å². The molecule has 2 aromatic carbocycles. The van der Waals surface area contributed by atoms with E-state index in [1.165, 1.54) is 53.6 Å². The molecule has 216 valence electrons. The molecule has 0 bridgehead atoms. The van der Waals surface area contributed by atoms with Crippen LogP contribution in [0.4, 0.5) is 24.7 Å². The molecule has 42 heavy (non-hydrogen) atoms. The topological polar surface area (TPSA) is 106 Å². The maximum absolute atomic E-state index is 14.6. The molecule has 3 amide bonds. The Kier molecular flexibility index (Phi) is 8.18. The molecule has 1 saturated carbocycles. The molecule has 1 aromatic heterocycles. The quantitative estimate of drug-likeness (QED) is 0.398. The van der Waals surface area contributed by atoms with Crippen LogP contribution in [0.3, 0.4) is 0 Å². The van der Waals surface area contributed by atoms with E-state index in [2.05, 4.69) is 10.3 Å². The molecule has 1 aliphatic carbocycles. The minimum absolute atomic E-state index is 0.00397. The molecule has 2 fully saturated rings. The van der Waals surface area contributed by atoms with Gasteiger partial charge in [0, 0.05) is 47.8 Å². The number of rotatable bonds is 7. The van der Waals surface area contributed by atoms with E-state index in [0.29, 0.717) is 6.42 Å². The third-order valence-corrected chi connectivity index (χ3v) is 7.67. The molecule has 12 heteroatoms. The van der Waals surface area contributed by atoms with Crippen LogP contribution in [0.1, 0.15) is 49.3 Å². The van der Waals surface area contributed by atoms with Crippen molar-refractivity contribution in [2.45, 2.75) is 56.2 Å². The van der Waals surface area contributed by atoms with E-state index in [1.54, 1.807) is 12.1 Å². The Morgan fingerprint density at radius 2 is 1.90 bits per heavy atom. The molecule has 1 aliphatic heterocycles. The summed E-state index contributed by atoms with van der Waals surface area (Å²) in [4.78, 5) is 48.1. The first-order valence-corrected chi connectivity index (χ1v) is 13.7. The van der Waals surface area contributed by atoms with Crippen LogP contribution in [0.15, 0.2) is 66.9 Å². The zero-order valence-corrected chi connectivity index (χ0v) is 22.9. The second-order valence-corrected chi connectivity index (χ2v) is 10.7. The number of nitriles is 1. The van der Waals surface area contributed by atoms with Crippen molar-refractivity contribution in [3.05, 3.63) is 88.8 Å². The fraction of sp³-hybridized carbons (Fsp3) is 0.300. The van der Waals surface area contributed by atoms with Crippen molar-refractivity contribution in [3.8, 4) is 6.07 Å². The fourth-order valence-electron chi connectivity index (χ4n) is 5.34. The number of aromatic nitrogens is 1. The Morgan fingerprint density at radius 3 is 2.60 bits per heavy atom. The fourth-order valence-corrected chi connectivity index (χ4v) is 5.58. The summed E-state index contributed by atoms with van der Waals surface area (Å²) in [5.41, 5.74) is 0.395. The van der Waals surface area contributed by atoms with Crippen LogP contribution >= 0.6 is 11.6 Å². The summed E-state index contributed by atoms with van der Waals surface area (Å²) < 4.78 is 41.8. The van der Waals surface area contributed by atoms with Crippen LogP contribution in [0.2, 0.25) is 5.02 Å². The highest BCUT2D eigenvalue weighted by atomic mass is 35.5. The average molecular weight is 596 g/mol. The van der Waals surface area contributed by atoms with E-state index in [0.717, 1.165) is 11.0 Å². The van der Waals surface area contributed by atoms with Crippen molar-refractivity contribution in [1.82, 2.24) is 10.3 Å². The molecule has 1 N–H and O–H groups in total. The van der Waals surface area contributed by atoms with Crippen LogP contribution in [-0.4, -0.2) is 40.7 Å². The molecule has 0 spiro atoms. The Hall–Kier alpha value is -4.43. The molecule has 0 radical (unpaired) electrons. The predicted octanol–water partition coefficient (Wildman–Crippen LogP) is 5.32. The van der Waals surface area contributed by atoms with E-state index >= 15 is 0 Å². The summed E-state index contributed by atoms with van der Waals surface area (Å²) in [6.07, 6.45) is 0.866. The zero-order valence-electron chi connectivity index (χ0n) is 22.1. The highest BCUT2D eigenvalue weighted by Crippen LogP contribution is 2.39. The lowest BCUT2D eigenvalue weighted by Gasteiger charge is -2.41.